The lowest BCUT2D eigenvalue weighted by Gasteiger charge is -2.21. The first-order valence-electron chi connectivity index (χ1n) is 6.33. The number of carboxylic acid groups (broad SMARTS) is 1. The average Bonchev–Trinajstić information content (AvgIpc) is 2.95. The number of aromatic nitrogens is 1. The van der Waals surface area contributed by atoms with Crippen molar-refractivity contribution in [3.05, 3.63) is 16.1 Å². The molecule has 20 heavy (non-hydrogen) atoms. The number of rotatable bonds is 4. The Labute approximate surface area is 120 Å². The van der Waals surface area contributed by atoms with Crippen LogP contribution in [0.25, 0.3) is 0 Å². The molecule has 2 rings (SSSR count). The van der Waals surface area contributed by atoms with Crippen LogP contribution in [0.2, 0.25) is 0 Å². The molecule has 0 aliphatic carbocycles. The van der Waals surface area contributed by atoms with Gasteiger partial charge in [-0.2, -0.15) is 0 Å². The molecule has 0 spiro atoms. The Hall–Kier alpha value is -1.67. The number of aliphatic carboxylic acids is 1. The number of aliphatic hydroxyl groups excluding tert-OH is 1. The van der Waals surface area contributed by atoms with Crippen molar-refractivity contribution in [3.8, 4) is 0 Å². The number of amides is 2. The fourth-order valence-electron chi connectivity index (χ4n) is 2.17. The van der Waals surface area contributed by atoms with Crippen LogP contribution < -0.4 is 5.32 Å². The molecule has 0 radical (unpaired) electrons. The van der Waals surface area contributed by atoms with Crippen molar-refractivity contribution in [1.29, 1.82) is 0 Å². The normalized spacial score (nSPS) is 22.0. The van der Waals surface area contributed by atoms with Gasteiger partial charge in [0.05, 0.1) is 11.1 Å². The van der Waals surface area contributed by atoms with Gasteiger partial charge >= 0.3 is 12.0 Å². The highest BCUT2D eigenvalue weighted by Gasteiger charge is 2.38. The number of nitrogens with zero attached hydrogens (tertiary/aromatic N) is 2. The van der Waals surface area contributed by atoms with Crippen LogP contribution in [0.3, 0.4) is 0 Å². The van der Waals surface area contributed by atoms with Crippen LogP contribution in [0.1, 0.15) is 17.1 Å². The number of β-amino-alcohol motifs (C(OH)–C–C–N with tert-alkyl or cyclic N) is 1. The maximum absolute atomic E-state index is 11.9. The van der Waals surface area contributed by atoms with Crippen molar-refractivity contribution >= 4 is 23.3 Å². The molecule has 2 heterocycles. The minimum Gasteiger partial charge on any atom is -0.480 e. The molecule has 0 bridgehead atoms. The number of carbonyl (C=O) groups excluding carboxylic acids is 1. The quantitative estimate of drug-likeness (QED) is 0.738. The van der Waals surface area contributed by atoms with Gasteiger partial charge in [0, 0.05) is 37.0 Å². The van der Waals surface area contributed by atoms with Crippen molar-refractivity contribution < 1.29 is 19.8 Å². The molecule has 2 amide bonds. The molecule has 8 heteroatoms. The number of carbonyl (C=O) groups is 2. The summed E-state index contributed by atoms with van der Waals surface area (Å²) in [5.41, 5.74) is 0.949. The Morgan fingerprint density at radius 1 is 1.60 bits per heavy atom. The Kier molecular flexibility index (Phi) is 4.56. The van der Waals surface area contributed by atoms with Crippen LogP contribution in [0, 0.1) is 6.92 Å². The fourth-order valence-corrected chi connectivity index (χ4v) is 2.94. The van der Waals surface area contributed by atoms with E-state index in [0.29, 0.717) is 13.0 Å². The minimum atomic E-state index is -1.09. The smallest absolute Gasteiger partial charge is 0.326 e. The molecule has 1 aliphatic heterocycles. The van der Waals surface area contributed by atoms with Gasteiger partial charge in [0.25, 0.3) is 0 Å². The summed E-state index contributed by atoms with van der Waals surface area (Å²) in [5.74, 6) is -1.09. The van der Waals surface area contributed by atoms with E-state index in [1.807, 2.05) is 12.3 Å². The summed E-state index contributed by atoms with van der Waals surface area (Å²) in [4.78, 5) is 28.4. The molecule has 1 saturated heterocycles. The molecule has 0 saturated carbocycles. The van der Waals surface area contributed by atoms with Crippen molar-refractivity contribution in [2.24, 2.45) is 0 Å². The van der Waals surface area contributed by atoms with Crippen molar-refractivity contribution in [1.82, 2.24) is 15.2 Å². The van der Waals surface area contributed by atoms with E-state index in [0.717, 1.165) is 10.7 Å². The Morgan fingerprint density at radius 3 is 2.95 bits per heavy atom. The van der Waals surface area contributed by atoms with Crippen LogP contribution in [0.4, 0.5) is 4.79 Å². The number of carboxylic acids is 1. The molecular formula is C12H17N3O4S. The Morgan fingerprint density at radius 2 is 2.35 bits per heavy atom. The number of likely N-dealkylation sites (tertiary alicyclic amines) is 1. The Balaban J connectivity index is 1.83. The lowest BCUT2D eigenvalue weighted by atomic mass is 10.2. The highest BCUT2D eigenvalue weighted by molar-refractivity contribution is 7.09. The summed E-state index contributed by atoms with van der Waals surface area (Å²) >= 11 is 1.53. The standard InChI is InChI=1S/C12H17N3O4S/c1-7-6-20-10(14-7)2-3-13-12(19)15-5-8(16)4-9(15)11(17)18/h6,8-9,16H,2-5H2,1H3,(H,13,19)(H,17,18)/t8?,9-/m0/s1. The summed E-state index contributed by atoms with van der Waals surface area (Å²) in [6.07, 6.45) is -0.0873. The monoisotopic (exact) mass is 299 g/mol. The van der Waals surface area contributed by atoms with Crippen molar-refractivity contribution in [2.45, 2.75) is 31.9 Å². The molecule has 1 aromatic heterocycles. The van der Waals surface area contributed by atoms with E-state index >= 15 is 0 Å². The van der Waals surface area contributed by atoms with Crippen LogP contribution >= 0.6 is 11.3 Å². The van der Waals surface area contributed by atoms with E-state index in [4.69, 9.17) is 5.11 Å². The molecule has 1 aromatic rings. The van der Waals surface area contributed by atoms with E-state index in [2.05, 4.69) is 10.3 Å². The van der Waals surface area contributed by atoms with Gasteiger partial charge in [-0.3, -0.25) is 0 Å². The second kappa shape index (κ2) is 6.19. The van der Waals surface area contributed by atoms with E-state index in [1.165, 1.54) is 16.2 Å². The molecule has 2 atom stereocenters. The SMILES string of the molecule is Cc1csc(CCNC(=O)N2CC(O)C[C@H]2C(=O)O)n1. The second-order valence-corrected chi connectivity index (χ2v) is 5.70. The van der Waals surface area contributed by atoms with E-state index in [-0.39, 0.29) is 13.0 Å². The maximum atomic E-state index is 11.9. The van der Waals surface area contributed by atoms with Gasteiger partial charge in [0.1, 0.15) is 6.04 Å². The first kappa shape index (κ1) is 14.7. The molecule has 1 unspecified atom stereocenters. The fraction of sp³-hybridized carbons (Fsp3) is 0.583. The van der Waals surface area contributed by atoms with E-state index in [9.17, 15) is 14.7 Å². The van der Waals surface area contributed by atoms with Gasteiger partial charge in [0.2, 0.25) is 0 Å². The molecule has 0 aromatic carbocycles. The highest BCUT2D eigenvalue weighted by atomic mass is 32.1. The lowest BCUT2D eigenvalue weighted by molar-refractivity contribution is -0.141. The molecule has 1 aliphatic rings. The van der Waals surface area contributed by atoms with Gasteiger partial charge in [-0.15, -0.1) is 11.3 Å². The summed E-state index contributed by atoms with van der Waals surface area (Å²) in [5, 5.41) is 24.0. The zero-order valence-electron chi connectivity index (χ0n) is 11.1. The molecule has 1 fully saturated rings. The van der Waals surface area contributed by atoms with E-state index < -0.39 is 24.1 Å². The Bertz CT molecular complexity index is 505. The van der Waals surface area contributed by atoms with Gasteiger partial charge in [-0.25, -0.2) is 14.6 Å². The first-order valence-corrected chi connectivity index (χ1v) is 7.21. The molecular weight excluding hydrogens is 282 g/mol. The van der Waals surface area contributed by atoms with E-state index in [1.54, 1.807) is 0 Å². The number of urea groups is 1. The van der Waals surface area contributed by atoms with Crippen LogP contribution in [0.5, 0.6) is 0 Å². The number of nitrogens with one attached hydrogen (secondary N) is 1. The summed E-state index contributed by atoms with van der Waals surface area (Å²) in [6.45, 7) is 2.35. The number of hydrogen-bond donors (Lipinski definition) is 3. The molecule has 3 N–H and O–H groups in total. The second-order valence-electron chi connectivity index (χ2n) is 4.76. The van der Waals surface area contributed by atoms with Crippen LogP contribution in [-0.4, -0.2) is 57.3 Å². The van der Waals surface area contributed by atoms with Crippen LogP contribution in [-0.2, 0) is 11.2 Å². The predicted octanol–water partition coefficient (Wildman–Crippen LogP) is 0.223. The van der Waals surface area contributed by atoms with Crippen molar-refractivity contribution in [2.75, 3.05) is 13.1 Å². The van der Waals surface area contributed by atoms with Gasteiger partial charge in [-0.05, 0) is 6.92 Å². The third-order valence-corrected chi connectivity index (χ3v) is 4.13. The van der Waals surface area contributed by atoms with Gasteiger partial charge in [-0.1, -0.05) is 0 Å². The summed E-state index contributed by atoms with van der Waals surface area (Å²) < 4.78 is 0. The first-order chi connectivity index (χ1) is 9.47. The average molecular weight is 299 g/mol. The zero-order chi connectivity index (χ0) is 14.7. The van der Waals surface area contributed by atoms with Crippen molar-refractivity contribution in [3.63, 3.8) is 0 Å². The van der Waals surface area contributed by atoms with Gasteiger partial charge < -0.3 is 20.4 Å². The highest BCUT2D eigenvalue weighted by Crippen LogP contribution is 2.18. The third kappa shape index (κ3) is 3.45. The molecule has 110 valence electrons. The predicted molar refractivity (Wildman–Crippen MR) is 72.7 cm³/mol. The third-order valence-electron chi connectivity index (χ3n) is 3.11. The number of hydrogen-bond acceptors (Lipinski definition) is 5. The molecule has 7 nitrogen and oxygen atoms in total. The number of thiazole rings is 1. The largest absolute Gasteiger partial charge is 0.480 e. The topological polar surface area (TPSA) is 103 Å². The van der Waals surface area contributed by atoms with Gasteiger partial charge in [0.15, 0.2) is 0 Å². The number of aryl methyl sites for hydroxylation is 1. The maximum Gasteiger partial charge on any atom is 0.326 e. The zero-order valence-corrected chi connectivity index (χ0v) is 11.9. The number of aliphatic hydroxyl groups is 1. The van der Waals surface area contributed by atoms with Crippen LogP contribution in [0.15, 0.2) is 5.38 Å². The minimum absolute atomic E-state index is 0.0547. The lowest BCUT2D eigenvalue weighted by Crippen LogP contribution is -2.46. The summed E-state index contributed by atoms with van der Waals surface area (Å²) in [7, 11) is 0. The summed E-state index contributed by atoms with van der Waals surface area (Å²) in [6, 6.07) is -1.41.